The minimum Gasteiger partial charge on any atom is -0.380 e. The van der Waals surface area contributed by atoms with E-state index in [9.17, 15) is 8.42 Å². The van der Waals surface area contributed by atoms with Gasteiger partial charge in [0.25, 0.3) is 0 Å². The summed E-state index contributed by atoms with van der Waals surface area (Å²) in [6.07, 6.45) is 1.06. The number of thiophene rings is 1. The van der Waals surface area contributed by atoms with Crippen LogP contribution in [0.5, 0.6) is 0 Å². The highest BCUT2D eigenvalue weighted by molar-refractivity contribution is 7.89. The third-order valence-electron chi connectivity index (χ3n) is 3.03. The summed E-state index contributed by atoms with van der Waals surface area (Å²) in [5.41, 5.74) is 0.914. The van der Waals surface area contributed by atoms with E-state index in [1.165, 1.54) is 9.75 Å². The van der Waals surface area contributed by atoms with Gasteiger partial charge in [0.1, 0.15) is 0 Å². The molecule has 1 aromatic carbocycles. The third-order valence-corrected chi connectivity index (χ3v) is 5.82. The van der Waals surface area contributed by atoms with E-state index in [2.05, 4.69) is 29.1 Å². The topological polar surface area (TPSA) is 58.2 Å². The molecule has 2 N–H and O–H groups in total. The molecule has 0 aliphatic heterocycles. The van der Waals surface area contributed by atoms with Gasteiger partial charge in [0.2, 0.25) is 10.0 Å². The molecule has 0 atom stereocenters. The van der Waals surface area contributed by atoms with Crippen LogP contribution in [-0.4, -0.2) is 15.0 Å². The highest BCUT2D eigenvalue weighted by atomic mass is 32.2. The predicted octanol–water partition coefficient (Wildman–Crippen LogP) is 3.22. The maximum atomic E-state index is 11.8. The van der Waals surface area contributed by atoms with Crippen molar-refractivity contribution in [3.05, 3.63) is 46.2 Å². The van der Waals surface area contributed by atoms with Crippen molar-refractivity contribution in [3.8, 4) is 0 Å². The first kappa shape index (κ1) is 16.0. The molecule has 0 saturated carbocycles. The Kier molecular flexibility index (Phi) is 5.39. The second-order valence-electron chi connectivity index (χ2n) is 4.60. The smallest absolute Gasteiger partial charge is 0.240 e. The van der Waals surface area contributed by atoms with Crippen LogP contribution in [0.1, 0.15) is 23.6 Å². The number of anilines is 1. The van der Waals surface area contributed by atoms with Crippen molar-refractivity contribution in [1.29, 1.82) is 0 Å². The van der Waals surface area contributed by atoms with Gasteiger partial charge in [-0.3, -0.25) is 0 Å². The Morgan fingerprint density at radius 3 is 2.24 bits per heavy atom. The summed E-state index contributed by atoms with van der Waals surface area (Å²) < 4.78 is 26.1. The minimum absolute atomic E-state index is 0.291. The second kappa shape index (κ2) is 7.06. The van der Waals surface area contributed by atoms with Crippen LogP contribution >= 0.6 is 11.3 Å². The largest absolute Gasteiger partial charge is 0.380 e. The van der Waals surface area contributed by atoms with Crippen LogP contribution in [0.4, 0.5) is 5.69 Å². The fourth-order valence-corrected chi connectivity index (χ4v) is 3.86. The Morgan fingerprint density at radius 2 is 1.67 bits per heavy atom. The molecule has 4 nitrogen and oxygen atoms in total. The summed E-state index contributed by atoms with van der Waals surface area (Å²) in [6.45, 7) is 5.05. The number of rotatable bonds is 7. The average Bonchev–Trinajstić information content (AvgIpc) is 2.93. The number of hydrogen-bond donors (Lipinski definition) is 2. The van der Waals surface area contributed by atoms with E-state index in [-0.39, 0.29) is 0 Å². The summed E-state index contributed by atoms with van der Waals surface area (Å²) in [4.78, 5) is 2.94. The molecular formula is C15H20N2O2S2. The lowest BCUT2D eigenvalue weighted by Crippen LogP contribution is -2.23. The highest BCUT2D eigenvalue weighted by Gasteiger charge is 2.11. The molecule has 21 heavy (non-hydrogen) atoms. The van der Waals surface area contributed by atoms with Gasteiger partial charge in [0, 0.05) is 28.5 Å². The molecule has 0 radical (unpaired) electrons. The molecule has 0 unspecified atom stereocenters. The fourth-order valence-electron chi connectivity index (χ4n) is 1.92. The van der Waals surface area contributed by atoms with Crippen molar-refractivity contribution in [1.82, 2.24) is 4.72 Å². The standard InChI is InChI=1S/C15H20N2O2S2/c1-3-13-7-8-14(20-13)11-16-12-5-9-15(10-6-12)21(18,19)17-4-2/h5-10,16-17H,3-4,11H2,1-2H3. The van der Waals surface area contributed by atoms with Gasteiger partial charge in [-0.05, 0) is 42.8 Å². The van der Waals surface area contributed by atoms with E-state index < -0.39 is 10.0 Å². The van der Waals surface area contributed by atoms with Crippen LogP contribution in [0.3, 0.4) is 0 Å². The lowest BCUT2D eigenvalue weighted by atomic mass is 10.3. The van der Waals surface area contributed by atoms with Gasteiger partial charge in [0.05, 0.1) is 4.90 Å². The van der Waals surface area contributed by atoms with Crippen LogP contribution in [0, 0.1) is 0 Å². The second-order valence-corrected chi connectivity index (χ2v) is 7.62. The molecule has 1 aromatic heterocycles. The molecule has 1 heterocycles. The first-order valence-electron chi connectivity index (χ1n) is 6.96. The van der Waals surface area contributed by atoms with Crippen molar-refractivity contribution < 1.29 is 8.42 Å². The summed E-state index contributed by atoms with van der Waals surface area (Å²) in [5.74, 6) is 0. The van der Waals surface area contributed by atoms with Crippen LogP contribution in [0.25, 0.3) is 0 Å². The molecule has 6 heteroatoms. The van der Waals surface area contributed by atoms with E-state index in [0.29, 0.717) is 11.4 Å². The predicted molar refractivity (Wildman–Crippen MR) is 88.3 cm³/mol. The Balaban J connectivity index is 1.99. The molecule has 0 saturated heterocycles. The number of sulfonamides is 1. The number of benzene rings is 1. The monoisotopic (exact) mass is 324 g/mol. The molecule has 0 aliphatic carbocycles. The lowest BCUT2D eigenvalue weighted by Gasteiger charge is -2.07. The van der Waals surface area contributed by atoms with Crippen LogP contribution in [0.15, 0.2) is 41.3 Å². The van der Waals surface area contributed by atoms with Gasteiger partial charge in [-0.2, -0.15) is 0 Å². The highest BCUT2D eigenvalue weighted by Crippen LogP contribution is 2.19. The zero-order valence-electron chi connectivity index (χ0n) is 12.2. The SMILES string of the molecule is CCNS(=O)(=O)c1ccc(NCc2ccc(CC)s2)cc1. The number of nitrogens with one attached hydrogen (secondary N) is 2. The van der Waals surface area contributed by atoms with E-state index in [1.807, 2.05) is 0 Å². The molecule has 2 rings (SSSR count). The number of hydrogen-bond acceptors (Lipinski definition) is 4. The zero-order chi connectivity index (χ0) is 15.3. The number of aryl methyl sites for hydroxylation is 1. The maximum Gasteiger partial charge on any atom is 0.240 e. The van der Waals surface area contributed by atoms with Gasteiger partial charge in [-0.1, -0.05) is 13.8 Å². The average molecular weight is 324 g/mol. The Labute approximate surface area is 130 Å². The molecule has 0 spiro atoms. The summed E-state index contributed by atoms with van der Waals surface area (Å²) in [5, 5.41) is 3.30. The molecular weight excluding hydrogens is 304 g/mol. The minimum atomic E-state index is -3.37. The van der Waals surface area contributed by atoms with E-state index >= 15 is 0 Å². The van der Waals surface area contributed by atoms with Gasteiger partial charge >= 0.3 is 0 Å². The first-order chi connectivity index (χ1) is 10.0. The Hall–Kier alpha value is -1.37. The fraction of sp³-hybridized carbons (Fsp3) is 0.333. The summed E-state index contributed by atoms with van der Waals surface area (Å²) in [6, 6.07) is 11.1. The van der Waals surface area contributed by atoms with E-state index in [1.54, 1.807) is 42.5 Å². The Bertz CT molecular complexity index is 676. The van der Waals surface area contributed by atoms with Crippen molar-refractivity contribution in [2.75, 3.05) is 11.9 Å². The van der Waals surface area contributed by atoms with Crippen molar-refractivity contribution in [2.24, 2.45) is 0 Å². The summed E-state index contributed by atoms with van der Waals surface area (Å²) in [7, 11) is -3.37. The van der Waals surface area contributed by atoms with E-state index in [0.717, 1.165) is 18.7 Å². The molecule has 0 amide bonds. The van der Waals surface area contributed by atoms with E-state index in [4.69, 9.17) is 0 Å². The first-order valence-corrected chi connectivity index (χ1v) is 9.26. The van der Waals surface area contributed by atoms with Crippen LogP contribution in [0.2, 0.25) is 0 Å². The van der Waals surface area contributed by atoms with Crippen molar-refractivity contribution >= 4 is 27.0 Å². The molecule has 2 aromatic rings. The lowest BCUT2D eigenvalue weighted by molar-refractivity contribution is 0.584. The van der Waals surface area contributed by atoms with Gasteiger partial charge in [0.15, 0.2) is 0 Å². The Morgan fingerprint density at radius 1 is 1.00 bits per heavy atom. The van der Waals surface area contributed by atoms with Gasteiger partial charge < -0.3 is 5.32 Å². The van der Waals surface area contributed by atoms with Crippen LogP contribution < -0.4 is 10.0 Å². The molecule has 0 bridgehead atoms. The molecule has 0 fully saturated rings. The van der Waals surface area contributed by atoms with Crippen molar-refractivity contribution in [2.45, 2.75) is 31.7 Å². The maximum absolute atomic E-state index is 11.8. The van der Waals surface area contributed by atoms with Gasteiger partial charge in [-0.15, -0.1) is 11.3 Å². The molecule has 114 valence electrons. The third kappa shape index (κ3) is 4.30. The normalized spacial score (nSPS) is 11.5. The zero-order valence-corrected chi connectivity index (χ0v) is 13.9. The molecule has 0 aliphatic rings. The summed E-state index contributed by atoms with van der Waals surface area (Å²) >= 11 is 1.80. The van der Waals surface area contributed by atoms with Crippen LogP contribution in [-0.2, 0) is 23.0 Å². The van der Waals surface area contributed by atoms with Crippen molar-refractivity contribution in [3.63, 3.8) is 0 Å². The quantitative estimate of drug-likeness (QED) is 0.822. The van der Waals surface area contributed by atoms with Gasteiger partial charge in [-0.25, -0.2) is 13.1 Å².